The molecule has 0 bridgehead atoms. The topological polar surface area (TPSA) is 111 Å². The SMILES string of the molecule is CCC/C=C\CCCCCCCC(=O)OCC(COC(OCC[N+](C)(C)C)C(=O)[O-])OC(=O)CCCCCCC/C=C\CCCC. The summed E-state index contributed by atoms with van der Waals surface area (Å²) in [6.45, 7) is 4.58. The molecule has 9 nitrogen and oxygen atoms in total. The molecule has 0 saturated carbocycles. The van der Waals surface area contributed by atoms with Gasteiger partial charge in [-0.05, 0) is 51.4 Å². The quantitative estimate of drug-likeness (QED) is 0.0256. The Labute approximate surface area is 280 Å². The average Bonchev–Trinajstić information content (AvgIpc) is 3.00. The summed E-state index contributed by atoms with van der Waals surface area (Å²) in [5.74, 6) is -2.32. The Kier molecular flexibility index (Phi) is 28.7. The van der Waals surface area contributed by atoms with Gasteiger partial charge in [0.1, 0.15) is 13.2 Å². The number of hydrogen-bond donors (Lipinski definition) is 0. The number of hydrogen-bond acceptors (Lipinski definition) is 8. The van der Waals surface area contributed by atoms with Gasteiger partial charge in [0.05, 0.1) is 40.3 Å². The summed E-state index contributed by atoms with van der Waals surface area (Å²) in [4.78, 5) is 36.6. The molecule has 46 heavy (non-hydrogen) atoms. The van der Waals surface area contributed by atoms with E-state index in [1.807, 2.05) is 21.1 Å². The molecule has 0 fully saturated rings. The molecular formula is C37H67NO8. The van der Waals surface area contributed by atoms with Crippen molar-refractivity contribution in [2.24, 2.45) is 0 Å². The normalized spacial score (nSPS) is 13.3. The highest BCUT2D eigenvalue weighted by Crippen LogP contribution is 2.12. The zero-order valence-electron chi connectivity index (χ0n) is 29.9. The molecule has 0 amide bonds. The van der Waals surface area contributed by atoms with Crippen LogP contribution in [0.1, 0.15) is 136 Å². The van der Waals surface area contributed by atoms with Crippen LogP contribution in [-0.2, 0) is 33.3 Å². The molecule has 268 valence electrons. The van der Waals surface area contributed by atoms with E-state index in [1.54, 1.807) is 0 Å². The zero-order chi connectivity index (χ0) is 34.3. The van der Waals surface area contributed by atoms with Gasteiger partial charge in [0, 0.05) is 12.8 Å². The summed E-state index contributed by atoms with van der Waals surface area (Å²) in [6.07, 6.45) is 25.0. The van der Waals surface area contributed by atoms with Crippen molar-refractivity contribution in [3.63, 3.8) is 0 Å². The number of rotatable bonds is 32. The van der Waals surface area contributed by atoms with Crippen LogP contribution < -0.4 is 5.11 Å². The van der Waals surface area contributed by atoms with Crippen molar-refractivity contribution in [2.45, 2.75) is 148 Å². The summed E-state index contributed by atoms with van der Waals surface area (Å²) in [7, 11) is 5.88. The van der Waals surface area contributed by atoms with Gasteiger partial charge in [-0.2, -0.15) is 0 Å². The average molecular weight is 654 g/mol. The maximum atomic E-state index is 12.6. The Morgan fingerprint density at radius 3 is 1.70 bits per heavy atom. The predicted molar refractivity (Wildman–Crippen MR) is 182 cm³/mol. The third kappa shape index (κ3) is 30.4. The van der Waals surface area contributed by atoms with Gasteiger partial charge < -0.3 is 33.3 Å². The molecule has 0 saturated heterocycles. The van der Waals surface area contributed by atoms with Crippen LogP contribution in [0.25, 0.3) is 0 Å². The number of carboxylic acids is 1. The molecule has 0 aromatic heterocycles. The van der Waals surface area contributed by atoms with Crippen molar-refractivity contribution in [2.75, 3.05) is 47.5 Å². The fourth-order valence-electron chi connectivity index (χ4n) is 4.52. The minimum atomic E-state index is -1.62. The monoisotopic (exact) mass is 653 g/mol. The highest BCUT2D eigenvalue weighted by Gasteiger charge is 2.21. The Balaban J connectivity index is 4.61. The lowest BCUT2D eigenvalue weighted by atomic mass is 10.1. The Morgan fingerprint density at radius 1 is 0.630 bits per heavy atom. The van der Waals surface area contributed by atoms with E-state index in [9.17, 15) is 19.5 Å². The number of aliphatic carboxylic acids is 1. The fraction of sp³-hybridized carbons (Fsp3) is 0.811. The molecule has 0 aliphatic heterocycles. The molecule has 0 aromatic rings. The van der Waals surface area contributed by atoms with Crippen LogP contribution in [0.3, 0.4) is 0 Å². The van der Waals surface area contributed by atoms with Crippen LogP contribution in [0.2, 0.25) is 0 Å². The van der Waals surface area contributed by atoms with Crippen molar-refractivity contribution in [1.82, 2.24) is 0 Å². The number of likely N-dealkylation sites (N-methyl/N-ethyl adjacent to an activating group) is 1. The predicted octanol–water partition coefficient (Wildman–Crippen LogP) is 6.82. The Bertz CT molecular complexity index is 821. The van der Waals surface area contributed by atoms with E-state index in [2.05, 4.69) is 38.2 Å². The van der Waals surface area contributed by atoms with E-state index in [0.717, 1.165) is 83.5 Å². The largest absolute Gasteiger partial charge is 0.545 e. The second-order valence-corrected chi connectivity index (χ2v) is 13.2. The van der Waals surface area contributed by atoms with Gasteiger partial charge in [-0.1, -0.05) is 95.9 Å². The van der Waals surface area contributed by atoms with Gasteiger partial charge in [-0.25, -0.2) is 0 Å². The third-order valence-corrected chi connectivity index (χ3v) is 7.40. The number of carboxylic acid groups (broad SMARTS) is 1. The van der Waals surface area contributed by atoms with Crippen LogP contribution in [-0.4, -0.2) is 82.3 Å². The lowest BCUT2D eigenvalue weighted by Gasteiger charge is -2.26. The molecule has 9 heteroatoms. The molecule has 2 atom stereocenters. The first kappa shape index (κ1) is 43.8. The van der Waals surface area contributed by atoms with E-state index in [1.165, 1.54) is 19.3 Å². The fourth-order valence-corrected chi connectivity index (χ4v) is 4.52. The highest BCUT2D eigenvalue weighted by molar-refractivity contribution is 5.70. The molecule has 0 aliphatic carbocycles. The molecule has 0 aliphatic rings. The van der Waals surface area contributed by atoms with Crippen molar-refractivity contribution >= 4 is 17.9 Å². The molecule has 0 heterocycles. The van der Waals surface area contributed by atoms with Crippen molar-refractivity contribution in [1.29, 1.82) is 0 Å². The standard InChI is InChI=1S/C37H67NO8/c1-6-8-10-12-14-16-18-20-22-24-26-28-35(40)46-33(32-45-37(36(41)42)43-30-29-38(3,4)5)31-44-34(39)27-25-23-21-19-17-15-13-11-9-7-2/h11-14,33,37H,6-10,15-32H2,1-5H3/b13-11-,14-12-. The van der Waals surface area contributed by atoms with Crippen LogP contribution in [0, 0.1) is 0 Å². The number of esters is 2. The number of nitrogens with zero attached hydrogens (tertiary/aromatic N) is 1. The lowest BCUT2D eigenvalue weighted by Crippen LogP contribution is -2.44. The van der Waals surface area contributed by atoms with Gasteiger partial charge in [-0.15, -0.1) is 0 Å². The van der Waals surface area contributed by atoms with Gasteiger partial charge >= 0.3 is 11.9 Å². The Hall–Kier alpha value is -2.23. The van der Waals surface area contributed by atoms with Crippen LogP contribution in [0.4, 0.5) is 0 Å². The third-order valence-electron chi connectivity index (χ3n) is 7.40. The number of carbonyl (C=O) groups is 3. The minimum Gasteiger partial charge on any atom is -0.545 e. The maximum absolute atomic E-state index is 12.6. The molecule has 0 N–H and O–H groups in total. The van der Waals surface area contributed by atoms with E-state index in [-0.39, 0.29) is 38.6 Å². The van der Waals surface area contributed by atoms with E-state index < -0.39 is 24.3 Å². The molecule has 0 spiro atoms. The van der Waals surface area contributed by atoms with Crippen LogP contribution >= 0.6 is 0 Å². The summed E-state index contributed by atoms with van der Waals surface area (Å²) in [6, 6.07) is 0. The first-order valence-electron chi connectivity index (χ1n) is 18.0. The zero-order valence-corrected chi connectivity index (χ0v) is 29.9. The van der Waals surface area contributed by atoms with Crippen molar-refractivity contribution in [3.05, 3.63) is 24.3 Å². The van der Waals surface area contributed by atoms with Crippen molar-refractivity contribution in [3.8, 4) is 0 Å². The first-order chi connectivity index (χ1) is 22.1. The number of carbonyl (C=O) groups excluding carboxylic acids is 3. The molecule has 0 radical (unpaired) electrons. The molecular weight excluding hydrogens is 586 g/mol. The minimum absolute atomic E-state index is 0.145. The van der Waals surface area contributed by atoms with Gasteiger partial charge in [0.25, 0.3) is 0 Å². The number of unbranched alkanes of at least 4 members (excludes halogenated alkanes) is 13. The van der Waals surface area contributed by atoms with E-state index >= 15 is 0 Å². The second-order valence-electron chi connectivity index (χ2n) is 13.2. The number of quaternary nitrogens is 1. The lowest BCUT2D eigenvalue weighted by molar-refractivity contribution is -0.870. The van der Waals surface area contributed by atoms with Crippen LogP contribution in [0.5, 0.6) is 0 Å². The Morgan fingerprint density at radius 2 is 1.15 bits per heavy atom. The van der Waals surface area contributed by atoms with Gasteiger partial charge in [-0.3, -0.25) is 9.59 Å². The summed E-state index contributed by atoms with van der Waals surface area (Å²) < 4.78 is 22.3. The van der Waals surface area contributed by atoms with Crippen LogP contribution in [0.15, 0.2) is 24.3 Å². The number of ether oxygens (including phenoxy) is 4. The summed E-state index contributed by atoms with van der Waals surface area (Å²) in [5, 5.41) is 11.6. The molecule has 2 unspecified atom stereocenters. The van der Waals surface area contributed by atoms with E-state index in [0.29, 0.717) is 17.4 Å². The first-order valence-corrected chi connectivity index (χ1v) is 18.0. The van der Waals surface area contributed by atoms with Gasteiger partial charge in [0.2, 0.25) is 0 Å². The smallest absolute Gasteiger partial charge is 0.306 e. The van der Waals surface area contributed by atoms with Gasteiger partial charge in [0.15, 0.2) is 12.4 Å². The highest BCUT2D eigenvalue weighted by atomic mass is 16.7. The van der Waals surface area contributed by atoms with E-state index in [4.69, 9.17) is 18.9 Å². The number of allylic oxidation sites excluding steroid dienone is 4. The summed E-state index contributed by atoms with van der Waals surface area (Å²) in [5.41, 5.74) is 0. The maximum Gasteiger partial charge on any atom is 0.306 e. The second kappa shape index (κ2) is 30.1. The molecule has 0 aromatic carbocycles. The molecule has 0 rings (SSSR count). The summed E-state index contributed by atoms with van der Waals surface area (Å²) >= 11 is 0. The van der Waals surface area contributed by atoms with Crippen molar-refractivity contribution < 1.29 is 42.9 Å².